The minimum absolute atomic E-state index is 0.00916. The SMILES string of the molecule is COc1cc2c(cc1-c1cncc(OCCOCCOCCOCCOCCNC(=O)C(CS(=O)(=O)O)NC(=O)CN3CCN(CC(=O)O)CCN(CC(=O)O)CCN(CC(=O)O)CC3)c1)-c1c(c(C(=O)N3CCCN(C(=O)C4CCC4)CC3)nn1-c1cccs1)CO2. The van der Waals surface area contributed by atoms with Crippen LogP contribution in [0.15, 0.2) is 48.1 Å². The highest BCUT2D eigenvalue weighted by atomic mass is 32.2. The van der Waals surface area contributed by atoms with E-state index < -0.39 is 58.2 Å². The average Bonchev–Trinajstić information content (AvgIpc) is 1.56. The third-order valence-corrected chi connectivity index (χ3v) is 17.6. The summed E-state index contributed by atoms with van der Waals surface area (Å²) in [5.74, 6) is -4.51. The largest absolute Gasteiger partial charge is 0.496 e. The van der Waals surface area contributed by atoms with Gasteiger partial charge in [0.05, 0.1) is 98.0 Å². The first kappa shape index (κ1) is 71.4. The van der Waals surface area contributed by atoms with Gasteiger partial charge in [-0.1, -0.05) is 6.42 Å². The number of carboxylic acid groups (broad SMARTS) is 3. The van der Waals surface area contributed by atoms with Gasteiger partial charge in [0.15, 0.2) is 5.69 Å². The molecule has 6 heterocycles. The van der Waals surface area contributed by atoms with E-state index in [0.29, 0.717) is 72.2 Å². The van der Waals surface area contributed by atoms with Gasteiger partial charge in [-0.05, 0) is 48.9 Å². The number of methoxy groups -OCH3 is 1. The number of pyridine rings is 1. The highest BCUT2D eigenvalue weighted by Crippen LogP contribution is 2.47. The first-order valence-electron chi connectivity index (χ1n) is 30.9. The monoisotopic (exact) mass is 1340 g/mol. The fourth-order valence-corrected chi connectivity index (χ4v) is 12.4. The fourth-order valence-electron chi connectivity index (χ4n) is 11.0. The van der Waals surface area contributed by atoms with E-state index in [1.807, 2.05) is 45.3 Å². The van der Waals surface area contributed by atoms with Crippen LogP contribution in [0, 0.1) is 5.92 Å². The average molecular weight is 1340 g/mol. The quantitative estimate of drug-likeness (QED) is 0.0278. The zero-order valence-electron chi connectivity index (χ0n) is 52.1. The number of amides is 4. The van der Waals surface area contributed by atoms with Gasteiger partial charge in [-0.2, -0.15) is 13.5 Å². The molecule has 3 fully saturated rings. The third-order valence-electron chi connectivity index (χ3n) is 16.0. The molecule has 2 saturated heterocycles. The smallest absolute Gasteiger partial charge is 0.317 e. The Morgan fingerprint density at radius 2 is 1.26 bits per heavy atom. The molecular weight excluding hydrogens is 1260 g/mol. The van der Waals surface area contributed by atoms with Crippen molar-refractivity contribution in [3.05, 3.63) is 59.4 Å². The molecule has 3 aliphatic heterocycles. The Morgan fingerprint density at radius 3 is 1.81 bits per heavy atom. The van der Waals surface area contributed by atoms with Crippen molar-refractivity contribution in [3.63, 3.8) is 0 Å². The fraction of sp³-hybridized carbons (Fsp3) is 0.583. The Morgan fingerprint density at radius 1 is 0.688 bits per heavy atom. The number of thiophene rings is 1. The van der Waals surface area contributed by atoms with Gasteiger partial charge in [-0.15, -0.1) is 11.3 Å². The van der Waals surface area contributed by atoms with Crippen LogP contribution in [0.5, 0.6) is 17.2 Å². The molecule has 6 N–H and O–H groups in total. The maximum Gasteiger partial charge on any atom is 0.317 e. The topological polar surface area (TPSA) is 373 Å². The van der Waals surface area contributed by atoms with Crippen LogP contribution in [0.2, 0.25) is 0 Å². The van der Waals surface area contributed by atoms with Crippen LogP contribution >= 0.6 is 11.3 Å². The summed E-state index contributed by atoms with van der Waals surface area (Å²) in [5, 5.41) is 41.0. The van der Waals surface area contributed by atoms with E-state index in [2.05, 4.69) is 15.6 Å². The van der Waals surface area contributed by atoms with Crippen molar-refractivity contribution >= 4 is 63.0 Å². The summed E-state index contributed by atoms with van der Waals surface area (Å²) in [7, 11) is -3.19. The van der Waals surface area contributed by atoms with Crippen molar-refractivity contribution in [3.8, 4) is 44.6 Å². The molecule has 4 aromatic rings. The number of benzene rings is 1. The van der Waals surface area contributed by atoms with E-state index in [0.717, 1.165) is 35.5 Å². The lowest BCUT2D eigenvalue weighted by Crippen LogP contribution is -2.54. The Labute approximate surface area is 542 Å². The Kier molecular flexibility index (Phi) is 27.4. The Hall–Kier alpha value is -7.44. The Bertz CT molecular complexity index is 3250. The molecule has 8 rings (SSSR count). The zero-order chi connectivity index (χ0) is 66.3. The van der Waals surface area contributed by atoms with Crippen LogP contribution in [0.3, 0.4) is 0 Å². The van der Waals surface area contributed by atoms with Gasteiger partial charge in [0.1, 0.15) is 47.3 Å². The maximum atomic E-state index is 14.4. The number of fused-ring (bicyclic) bond motifs is 3. The van der Waals surface area contributed by atoms with Crippen LogP contribution in [0.25, 0.3) is 27.4 Å². The number of hydrogen-bond donors (Lipinski definition) is 6. The van der Waals surface area contributed by atoms with Crippen molar-refractivity contribution in [1.82, 2.24) is 54.8 Å². The van der Waals surface area contributed by atoms with Gasteiger partial charge in [0, 0.05) is 126 Å². The van der Waals surface area contributed by atoms with Crippen LogP contribution < -0.4 is 24.8 Å². The van der Waals surface area contributed by atoms with Gasteiger partial charge >= 0.3 is 17.9 Å². The first-order chi connectivity index (χ1) is 44.8. The molecule has 1 aromatic carbocycles. The molecule has 0 bridgehead atoms. The number of aliphatic carboxylic acids is 3. The number of hydrogen-bond acceptors (Lipinski definition) is 23. The molecule has 0 spiro atoms. The molecule has 4 aliphatic rings. The zero-order valence-corrected chi connectivity index (χ0v) is 53.7. The summed E-state index contributed by atoms with van der Waals surface area (Å²) >= 11 is 1.50. The molecule has 4 amide bonds. The van der Waals surface area contributed by atoms with E-state index >= 15 is 0 Å². The van der Waals surface area contributed by atoms with Crippen LogP contribution in [0.1, 0.15) is 41.7 Å². The summed E-state index contributed by atoms with van der Waals surface area (Å²) in [5.41, 5.74) is 3.89. The number of aromatic nitrogens is 3. The number of carbonyl (C=O) groups is 7. The number of nitrogens with one attached hydrogen (secondary N) is 2. The van der Waals surface area contributed by atoms with E-state index in [4.69, 9.17) is 38.3 Å². The van der Waals surface area contributed by atoms with E-state index in [1.54, 1.807) is 44.0 Å². The predicted octanol–water partition coefficient (Wildman–Crippen LogP) is 0.448. The Balaban J connectivity index is 0.721. The van der Waals surface area contributed by atoms with Crippen molar-refractivity contribution in [1.29, 1.82) is 0 Å². The molecule has 93 heavy (non-hydrogen) atoms. The van der Waals surface area contributed by atoms with E-state index in [9.17, 15) is 61.9 Å². The number of carboxylic acids is 3. The first-order valence-corrected chi connectivity index (χ1v) is 33.4. The van der Waals surface area contributed by atoms with E-state index in [-0.39, 0.29) is 162 Å². The molecule has 1 saturated carbocycles. The van der Waals surface area contributed by atoms with Crippen molar-refractivity contribution in [2.45, 2.75) is 38.3 Å². The molecule has 0 radical (unpaired) electrons. The van der Waals surface area contributed by atoms with Crippen molar-refractivity contribution in [2.24, 2.45) is 5.92 Å². The van der Waals surface area contributed by atoms with Crippen molar-refractivity contribution < 1.29 is 95.0 Å². The molecule has 510 valence electrons. The van der Waals surface area contributed by atoms with Gasteiger partial charge in [0.2, 0.25) is 17.7 Å². The van der Waals surface area contributed by atoms with Crippen LogP contribution in [0.4, 0.5) is 0 Å². The second-order valence-electron chi connectivity index (χ2n) is 22.6. The highest BCUT2D eigenvalue weighted by Gasteiger charge is 2.36. The van der Waals surface area contributed by atoms with Gasteiger partial charge in [-0.3, -0.25) is 62.7 Å². The molecule has 1 unspecified atom stereocenters. The molecule has 31 nitrogen and oxygen atoms in total. The lowest BCUT2D eigenvalue weighted by atomic mass is 9.84. The second-order valence-corrected chi connectivity index (χ2v) is 25.1. The second kappa shape index (κ2) is 35.7. The number of nitrogens with zero attached hydrogens (tertiary/aromatic N) is 9. The van der Waals surface area contributed by atoms with Crippen LogP contribution in [-0.2, 0) is 64.4 Å². The minimum Gasteiger partial charge on any atom is -0.496 e. The molecule has 1 aliphatic carbocycles. The number of ether oxygens (including phenoxy) is 7. The normalized spacial score (nSPS) is 16.9. The highest BCUT2D eigenvalue weighted by molar-refractivity contribution is 7.85. The summed E-state index contributed by atoms with van der Waals surface area (Å²) < 4.78 is 76.0. The molecular formula is C60H83N11O20S2. The number of carbonyl (C=O) groups excluding carboxylic acids is 4. The van der Waals surface area contributed by atoms with Gasteiger partial charge < -0.3 is 68.9 Å². The summed E-state index contributed by atoms with van der Waals surface area (Å²) in [6, 6.07) is 7.83. The molecule has 3 aromatic heterocycles. The standard InChI is InChI=1S/C60H83N11O20S2/c1-85-49-33-50-46(57-47(40-91-50)56(64-71(57)52-7-3-30-92-52)60(81)70-10-4-9-69(19-20-70)59(80)42-5-2-6-42)32-45(49)43-31-44(35-61-34-43)90-29-28-89-27-26-88-25-24-87-23-22-86-21-8-62-58(79)48(41-93(82,83)84)63-51(72)36-65-11-13-66(37-53(73)74)15-17-68(39-55(77)78)18-16-67(14-12-65)38-54(75)76/h3,7,30-35,42,48H,2,4-6,8-29,36-41H2,1H3,(H,62,79)(H,63,72)(H,73,74)(H,75,76)(H,77,78)(H,82,83,84). The predicted molar refractivity (Wildman–Crippen MR) is 334 cm³/mol. The summed E-state index contributed by atoms with van der Waals surface area (Å²) in [4.78, 5) is 103. The van der Waals surface area contributed by atoms with Crippen LogP contribution in [-0.4, -0.2) is 304 Å². The van der Waals surface area contributed by atoms with Crippen molar-refractivity contribution in [2.75, 3.05) is 184 Å². The summed E-state index contributed by atoms with van der Waals surface area (Å²) in [6.07, 6.45) is 6.95. The lowest BCUT2D eigenvalue weighted by molar-refractivity contribution is -0.140. The lowest BCUT2D eigenvalue weighted by Gasteiger charge is -2.33. The van der Waals surface area contributed by atoms with E-state index in [1.165, 1.54) is 11.3 Å². The summed E-state index contributed by atoms with van der Waals surface area (Å²) in [6.45, 7) is 3.54. The third kappa shape index (κ3) is 22.1. The van der Waals surface area contributed by atoms with Gasteiger partial charge in [-0.25, -0.2) is 4.68 Å². The molecule has 1 atom stereocenters. The minimum atomic E-state index is -4.77. The number of rotatable bonds is 33. The molecule has 33 heteroatoms. The van der Waals surface area contributed by atoms with Gasteiger partial charge in [0.25, 0.3) is 16.0 Å². The maximum absolute atomic E-state index is 14.4.